The second-order valence-electron chi connectivity index (χ2n) is 7.31. The van der Waals surface area contributed by atoms with Crippen molar-refractivity contribution in [2.24, 2.45) is 16.6 Å². The van der Waals surface area contributed by atoms with Crippen LogP contribution in [0.3, 0.4) is 0 Å². The Labute approximate surface area is 156 Å². The van der Waals surface area contributed by atoms with E-state index in [1.807, 2.05) is 0 Å². The Bertz CT molecular complexity index is 532. The molecule has 1 saturated carbocycles. The van der Waals surface area contributed by atoms with Gasteiger partial charge in [0.1, 0.15) is 5.82 Å². The highest BCUT2D eigenvalue weighted by molar-refractivity contribution is 7.98. The molecular formula is C18H34N6S. The van der Waals surface area contributed by atoms with E-state index in [0.29, 0.717) is 17.9 Å². The van der Waals surface area contributed by atoms with E-state index in [0.717, 1.165) is 36.9 Å². The Kier molecular flexibility index (Phi) is 8.58. The van der Waals surface area contributed by atoms with Crippen LogP contribution in [-0.2, 0) is 13.0 Å². The monoisotopic (exact) mass is 366 g/mol. The lowest BCUT2D eigenvalue weighted by Crippen LogP contribution is -2.39. The Morgan fingerprint density at radius 2 is 2.00 bits per heavy atom. The summed E-state index contributed by atoms with van der Waals surface area (Å²) in [7, 11) is 0. The highest BCUT2D eigenvalue weighted by atomic mass is 32.2. The third kappa shape index (κ3) is 6.88. The third-order valence-corrected chi connectivity index (χ3v) is 5.24. The number of rotatable bonds is 8. The quantitative estimate of drug-likeness (QED) is 0.243. The van der Waals surface area contributed by atoms with Crippen LogP contribution >= 0.6 is 11.8 Å². The minimum atomic E-state index is 0.504. The number of thioether (sulfide) groups is 1. The number of aromatic nitrogens is 3. The van der Waals surface area contributed by atoms with E-state index in [2.05, 4.69) is 45.2 Å². The first kappa shape index (κ1) is 20.1. The summed E-state index contributed by atoms with van der Waals surface area (Å²) in [6, 6.07) is 0.504. The van der Waals surface area contributed by atoms with E-state index in [4.69, 9.17) is 5.73 Å². The van der Waals surface area contributed by atoms with E-state index in [1.165, 1.54) is 38.5 Å². The van der Waals surface area contributed by atoms with Crippen molar-refractivity contribution in [3.8, 4) is 0 Å². The van der Waals surface area contributed by atoms with Gasteiger partial charge in [0.25, 0.3) is 0 Å². The fourth-order valence-corrected chi connectivity index (χ4v) is 3.84. The summed E-state index contributed by atoms with van der Waals surface area (Å²) in [5, 5.41) is 13.0. The second kappa shape index (κ2) is 10.7. The van der Waals surface area contributed by atoms with Gasteiger partial charge in [-0.2, -0.15) is 0 Å². The highest BCUT2D eigenvalue weighted by Gasteiger charge is 2.13. The highest BCUT2D eigenvalue weighted by Crippen LogP contribution is 2.18. The minimum absolute atomic E-state index is 0.504. The lowest BCUT2D eigenvalue weighted by atomic mass is 10.1. The summed E-state index contributed by atoms with van der Waals surface area (Å²) < 4.78 is 2.24. The smallest absolute Gasteiger partial charge is 0.190 e. The van der Waals surface area contributed by atoms with Crippen LogP contribution in [0.4, 0.5) is 0 Å². The first-order chi connectivity index (χ1) is 12.1. The summed E-state index contributed by atoms with van der Waals surface area (Å²) >= 11 is 1.66. The van der Waals surface area contributed by atoms with Crippen molar-refractivity contribution in [3.05, 3.63) is 5.82 Å². The molecule has 0 spiro atoms. The molecule has 0 amide bonds. The SMILES string of the molecule is CSc1nnc(CCCN=C(N)NC2CCCCCC2)n1CC(C)C. The average molecular weight is 367 g/mol. The first-order valence-electron chi connectivity index (χ1n) is 9.62. The second-order valence-corrected chi connectivity index (χ2v) is 8.08. The van der Waals surface area contributed by atoms with Crippen LogP contribution in [0.2, 0.25) is 0 Å². The zero-order valence-corrected chi connectivity index (χ0v) is 16.8. The summed E-state index contributed by atoms with van der Waals surface area (Å²) in [6.45, 7) is 6.14. The third-order valence-electron chi connectivity index (χ3n) is 4.57. The van der Waals surface area contributed by atoms with Crippen molar-refractivity contribution in [2.45, 2.75) is 83.0 Å². The van der Waals surface area contributed by atoms with Gasteiger partial charge in [-0.25, -0.2) is 0 Å². The maximum atomic E-state index is 6.06. The van der Waals surface area contributed by atoms with Crippen molar-refractivity contribution in [1.29, 1.82) is 0 Å². The topological polar surface area (TPSA) is 81.1 Å². The number of nitrogens with two attached hydrogens (primary N) is 1. The Morgan fingerprint density at radius 3 is 2.64 bits per heavy atom. The van der Waals surface area contributed by atoms with Gasteiger partial charge in [0.05, 0.1) is 0 Å². The molecule has 0 aliphatic heterocycles. The van der Waals surface area contributed by atoms with Crippen LogP contribution in [0.1, 0.15) is 64.6 Å². The lowest BCUT2D eigenvalue weighted by Gasteiger charge is -2.16. The van der Waals surface area contributed by atoms with E-state index >= 15 is 0 Å². The number of guanidine groups is 1. The largest absolute Gasteiger partial charge is 0.370 e. The molecule has 2 rings (SSSR count). The van der Waals surface area contributed by atoms with Crippen molar-refractivity contribution >= 4 is 17.7 Å². The van der Waals surface area contributed by atoms with Gasteiger partial charge in [-0.3, -0.25) is 4.99 Å². The molecule has 0 radical (unpaired) electrons. The van der Waals surface area contributed by atoms with Crippen LogP contribution in [0.25, 0.3) is 0 Å². The Hall–Kier alpha value is -1.24. The molecule has 0 unspecified atom stereocenters. The molecule has 7 heteroatoms. The molecule has 0 bridgehead atoms. The fraction of sp³-hybridized carbons (Fsp3) is 0.833. The number of aliphatic imine (C=N–C) groups is 1. The molecule has 1 aliphatic carbocycles. The van der Waals surface area contributed by atoms with E-state index in [9.17, 15) is 0 Å². The number of hydrogen-bond acceptors (Lipinski definition) is 4. The molecule has 1 fully saturated rings. The van der Waals surface area contributed by atoms with Gasteiger partial charge >= 0.3 is 0 Å². The first-order valence-corrected chi connectivity index (χ1v) is 10.8. The van der Waals surface area contributed by atoms with Gasteiger partial charge in [0, 0.05) is 25.6 Å². The molecule has 142 valence electrons. The molecule has 1 aromatic rings. The predicted octanol–water partition coefficient (Wildman–Crippen LogP) is 3.22. The van der Waals surface area contributed by atoms with Gasteiger partial charge < -0.3 is 15.6 Å². The number of nitrogens with one attached hydrogen (secondary N) is 1. The van der Waals surface area contributed by atoms with Crippen LogP contribution < -0.4 is 11.1 Å². The van der Waals surface area contributed by atoms with E-state index in [-0.39, 0.29) is 0 Å². The van der Waals surface area contributed by atoms with Crippen molar-refractivity contribution < 1.29 is 0 Å². The van der Waals surface area contributed by atoms with Crippen LogP contribution in [0, 0.1) is 5.92 Å². The van der Waals surface area contributed by atoms with Crippen LogP contribution in [-0.4, -0.2) is 39.6 Å². The Morgan fingerprint density at radius 1 is 1.28 bits per heavy atom. The number of nitrogens with zero attached hydrogens (tertiary/aromatic N) is 4. The van der Waals surface area contributed by atoms with Crippen molar-refractivity contribution in [1.82, 2.24) is 20.1 Å². The molecule has 1 heterocycles. The molecule has 0 atom stereocenters. The van der Waals surface area contributed by atoms with Gasteiger partial charge in [-0.15, -0.1) is 10.2 Å². The number of hydrogen-bond donors (Lipinski definition) is 2. The lowest BCUT2D eigenvalue weighted by molar-refractivity contribution is 0.477. The summed E-state index contributed by atoms with van der Waals surface area (Å²) in [4.78, 5) is 4.50. The molecule has 25 heavy (non-hydrogen) atoms. The summed E-state index contributed by atoms with van der Waals surface area (Å²) in [5.74, 6) is 2.24. The summed E-state index contributed by atoms with van der Waals surface area (Å²) in [6.07, 6.45) is 11.6. The van der Waals surface area contributed by atoms with Gasteiger partial charge in [0.15, 0.2) is 11.1 Å². The van der Waals surface area contributed by atoms with E-state index < -0.39 is 0 Å². The zero-order valence-electron chi connectivity index (χ0n) is 16.0. The van der Waals surface area contributed by atoms with Crippen molar-refractivity contribution in [3.63, 3.8) is 0 Å². The maximum Gasteiger partial charge on any atom is 0.190 e. The Balaban J connectivity index is 1.78. The molecular weight excluding hydrogens is 332 g/mol. The van der Waals surface area contributed by atoms with Crippen molar-refractivity contribution in [2.75, 3.05) is 12.8 Å². The van der Waals surface area contributed by atoms with Gasteiger partial charge in [-0.1, -0.05) is 51.3 Å². The minimum Gasteiger partial charge on any atom is -0.370 e. The van der Waals surface area contributed by atoms with E-state index in [1.54, 1.807) is 11.8 Å². The normalized spacial score (nSPS) is 17.0. The maximum absolute atomic E-state index is 6.06. The molecule has 0 saturated heterocycles. The van der Waals surface area contributed by atoms with Crippen LogP contribution in [0.15, 0.2) is 10.1 Å². The van der Waals surface area contributed by atoms with Crippen LogP contribution in [0.5, 0.6) is 0 Å². The number of aryl methyl sites for hydroxylation is 1. The predicted molar refractivity (Wildman–Crippen MR) is 106 cm³/mol. The van der Waals surface area contributed by atoms with Gasteiger partial charge in [0.2, 0.25) is 0 Å². The molecule has 0 aromatic carbocycles. The molecule has 6 nitrogen and oxygen atoms in total. The molecule has 1 aromatic heterocycles. The molecule has 3 N–H and O–H groups in total. The zero-order chi connectivity index (χ0) is 18.1. The molecule has 1 aliphatic rings. The average Bonchev–Trinajstić information content (AvgIpc) is 2.77. The summed E-state index contributed by atoms with van der Waals surface area (Å²) in [5.41, 5.74) is 6.06. The standard InChI is InChI=1S/C18H34N6S/c1-14(2)13-24-16(22-23-18(24)25-3)11-8-12-20-17(19)21-15-9-6-4-5-7-10-15/h14-15H,4-13H2,1-3H3,(H3,19,20,21). The fourth-order valence-electron chi connectivity index (χ4n) is 3.32. The van der Waals surface area contributed by atoms with Gasteiger partial charge in [-0.05, 0) is 31.4 Å².